The molecule has 3 aromatic rings. The molecule has 1 aromatic carbocycles. The van der Waals surface area contributed by atoms with E-state index in [1.54, 1.807) is 6.20 Å². The predicted molar refractivity (Wildman–Crippen MR) is 128 cm³/mol. The van der Waals surface area contributed by atoms with Gasteiger partial charge in [-0.3, -0.25) is 9.69 Å². The third-order valence-corrected chi connectivity index (χ3v) is 6.55. The molecule has 0 radical (unpaired) electrons. The molecule has 168 valence electrons. The number of hydrogen-bond donors (Lipinski definition) is 1. The molecule has 0 atom stereocenters. The van der Waals surface area contributed by atoms with E-state index >= 15 is 0 Å². The number of carbonyl (C=O) groups excluding carboxylic acids is 1. The minimum Gasteiger partial charge on any atom is -0.369 e. The van der Waals surface area contributed by atoms with Crippen molar-refractivity contribution in [2.75, 3.05) is 42.9 Å². The summed E-state index contributed by atoms with van der Waals surface area (Å²) < 4.78 is 1.89. The Kier molecular flexibility index (Phi) is 5.59. The van der Waals surface area contributed by atoms with Crippen molar-refractivity contribution in [1.29, 1.82) is 0 Å². The minimum atomic E-state index is -0.138. The van der Waals surface area contributed by atoms with Gasteiger partial charge in [0.2, 0.25) is 0 Å². The van der Waals surface area contributed by atoms with E-state index in [1.165, 1.54) is 19.4 Å². The maximum absolute atomic E-state index is 13.1. The summed E-state index contributed by atoms with van der Waals surface area (Å²) in [6, 6.07) is 10.3. The highest BCUT2D eigenvalue weighted by Crippen LogP contribution is 2.30. The van der Waals surface area contributed by atoms with Gasteiger partial charge in [-0.2, -0.15) is 5.10 Å². The highest BCUT2D eigenvalue weighted by atomic mass is 16.1. The van der Waals surface area contributed by atoms with Crippen molar-refractivity contribution in [2.45, 2.75) is 39.7 Å². The molecule has 2 aliphatic rings. The smallest absolute Gasteiger partial charge is 0.257 e. The van der Waals surface area contributed by atoms with Gasteiger partial charge in [-0.1, -0.05) is 6.07 Å². The SMILES string of the molecule is Cc1nc2c(cnn2C(C)C)cc1C(=O)Nc1cccc(N2CCN(CC3CC3)CC2)c1. The average molecular weight is 433 g/mol. The zero-order valence-electron chi connectivity index (χ0n) is 19.2. The van der Waals surface area contributed by atoms with Crippen LogP contribution in [0.25, 0.3) is 11.0 Å². The molecular weight excluding hydrogens is 400 g/mol. The number of nitrogens with zero attached hydrogens (tertiary/aromatic N) is 5. The van der Waals surface area contributed by atoms with E-state index in [-0.39, 0.29) is 11.9 Å². The number of nitrogens with one attached hydrogen (secondary N) is 1. The van der Waals surface area contributed by atoms with E-state index < -0.39 is 0 Å². The van der Waals surface area contributed by atoms with Crippen LogP contribution >= 0.6 is 0 Å². The maximum atomic E-state index is 13.1. The quantitative estimate of drug-likeness (QED) is 0.635. The molecule has 7 heteroatoms. The van der Waals surface area contributed by atoms with Crippen molar-refractivity contribution in [1.82, 2.24) is 19.7 Å². The summed E-state index contributed by atoms with van der Waals surface area (Å²) in [5.74, 6) is 0.803. The Balaban J connectivity index is 1.28. The molecule has 1 saturated heterocycles. The van der Waals surface area contributed by atoms with Crippen LogP contribution < -0.4 is 10.2 Å². The average Bonchev–Trinajstić information content (AvgIpc) is 3.50. The van der Waals surface area contributed by atoms with Crippen LogP contribution in [0.1, 0.15) is 48.8 Å². The summed E-state index contributed by atoms with van der Waals surface area (Å²) in [5, 5.41) is 8.38. The van der Waals surface area contributed by atoms with Crippen LogP contribution in [-0.2, 0) is 0 Å². The van der Waals surface area contributed by atoms with E-state index in [1.807, 2.05) is 29.8 Å². The summed E-state index contributed by atoms with van der Waals surface area (Å²) in [6.45, 7) is 11.6. The molecule has 1 N–H and O–H groups in total. The molecule has 1 amide bonds. The monoisotopic (exact) mass is 432 g/mol. The predicted octanol–water partition coefficient (Wildman–Crippen LogP) is 4.10. The molecule has 2 fully saturated rings. The molecule has 7 nitrogen and oxygen atoms in total. The van der Waals surface area contributed by atoms with E-state index in [0.29, 0.717) is 11.3 Å². The van der Waals surface area contributed by atoms with Crippen LogP contribution in [0.15, 0.2) is 36.5 Å². The zero-order chi connectivity index (χ0) is 22.2. The molecule has 3 heterocycles. The van der Waals surface area contributed by atoms with Gasteiger partial charge in [-0.25, -0.2) is 9.67 Å². The molecule has 0 bridgehead atoms. The fourth-order valence-corrected chi connectivity index (χ4v) is 4.51. The van der Waals surface area contributed by atoms with Crippen LogP contribution in [0.5, 0.6) is 0 Å². The molecule has 0 unspecified atom stereocenters. The molecule has 32 heavy (non-hydrogen) atoms. The third kappa shape index (κ3) is 4.35. The topological polar surface area (TPSA) is 66.3 Å². The standard InChI is InChI=1S/C25H32N6O/c1-17(2)31-24-20(15-26-31)13-23(18(3)27-24)25(32)28-21-5-4-6-22(14-21)30-11-9-29(10-12-30)16-19-7-8-19/h4-6,13-15,17,19H,7-12,16H2,1-3H3,(H,28,32). The number of carbonyl (C=O) groups is 1. The van der Waals surface area contributed by atoms with Crippen molar-refractivity contribution in [2.24, 2.45) is 5.92 Å². The van der Waals surface area contributed by atoms with Crippen molar-refractivity contribution < 1.29 is 4.79 Å². The second-order valence-corrected chi connectivity index (χ2v) is 9.45. The first-order valence-electron chi connectivity index (χ1n) is 11.7. The van der Waals surface area contributed by atoms with Crippen LogP contribution in [0.2, 0.25) is 0 Å². The molecule has 2 aromatic heterocycles. The van der Waals surface area contributed by atoms with Gasteiger partial charge in [0.1, 0.15) is 0 Å². The van der Waals surface area contributed by atoms with Gasteiger partial charge in [0, 0.05) is 55.5 Å². The van der Waals surface area contributed by atoms with Gasteiger partial charge in [-0.15, -0.1) is 0 Å². The summed E-state index contributed by atoms with van der Waals surface area (Å²) in [7, 11) is 0. The number of piperazine rings is 1. The third-order valence-electron chi connectivity index (χ3n) is 6.55. The van der Waals surface area contributed by atoms with E-state index in [2.05, 4.69) is 51.2 Å². The van der Waals surface area contributed by atoms with Crippen molar-refractivity contribution in [3.63, 3.8) is 0 Å². The van der Waals surface area contributed by atoms with Crippen molar-refractivity contribution in [3.8, 4) is 0 Å². The van der Waals surface area contributed by atoms with Gasteiger partial charge >= 0.3 is 0 Å². The number of benzene rings is 1. The maximum Gasteiger partial charge on any atom is 0.257 e. The van der Waals surface area contributed by atoms with Crippen LogP contribution in [0, 0.1) is 12.8 Å². The number of amides is 1. The first kappa shape index (κ1) is 20.9. The lowest BCUT2D eigenvalue weighted by molar-refractivity contribution is 0.102. The molecule has 0 spiro atoms. The number of aryl methyl sites for hydroxylation is 1. The van der Waals surface area contributed by atoms with Crippen molar-refractivity contribution in [3.05, 3.63) is 47.8 Å². The van der Waals surface area contributed by atoms with Gasteiger partial charge in [0.15, 0.2) is 5.65 Å². The number of rotatable bonds is 6. The fourth-order valence-electron chi connectivity index (χ4n) is 4.51. The Hall–Kier alpha value is -2.93. The summed E-state index contributed by atoms with van der Waals surface area (Å²) in [6.07, 6.45) is 4.59. The number of hydrogen-bond acceptors (Lipinski definition) is 5. The summed E-state index contributed by atoms with van der Waals surface area (Å²) in [5.41, 5.74) is 4.08. The minimum absolute atomic E-state index is 0.138. The van der Waals surface area contributed by atoms with E-state index in [4.69, 9.17) is 0 Å². The molecule has 1 aliphatic heterocycles. The second kappa shape index (κ2) is 8.54. The number of fused-ring (bicyclic) bond motifs is 1. The van der Waals surface area contributed by atoms with Gasteiger partial charge in [0.05, 0.1) is 17.5 Å². The summed E-state index contributed by atoms with van der Waals surface area (Å²) in [4.78, 5) is 22.7. The lowest BCUT2D eigenvalue weighted by Crippen LogP contribution is -2.47. The highest BCUT2D eigenvalue weighted by Gasteiger charge is 2.26. The Bertz CT molecular complexity index is 1120. The second-order valence-electron chi connectivity index (χ2n) is 9.45. The highest BCUT2D eigenvalue weighted by molar-refractivity contribution is 6.06. The van der Waals surface area contributed by atoms with Crippen LogP contribution in [0.4, 0.5) is 11.4 Å². The van der Waals surface area contributed by atoms with E-state index in [0.717, 1.165) is 54.5 Å². The first-order chi connectivity index (χ1) is 15.5. The molecule has 5 rings (SSSR count). The van der Waals surface area contributed by atoms with Crippen LogP contribution in [-0.4, -0.2) is 58.3 Å². The van der Waals surface area contributed by atoms with Crippen LogP contribution in [0.3, 0.4) is 0 Å². The number of anilines is 2. The van der Waals surface area contributed by atoms with Gasteiger partial charge < -0.3 is 10.2 Å². The molecule has 1 aliphatic carbocycles. The van der Waals surface area contributed by atoms with E-state index in [9.17, 15) is 4.79 Å². The lowest BCUT2D eigenvalue weighted by Gasteiger charge is -2.36. The Labute approximate surface area is 189 Å². The Morgan fingerprint density at radius 2 is 1.94 bits per heavy atom. The first-order valence-corrected chi connectivity index (χ1v) is 11.7. The molecule has 1 saturated carbocycles. The number of pyridine rings is 1. The Morgan fingerprint density at radius 1 is 1.16 bits per heavy atom. The largest absolute Gasteiger partial charge is 0.369 e. The lowest BCUT2D eigenvalue weighted by atomic mass is 10.1. The summed E-state index contributed by atoms with van der Waals surface area (Å²) >= 11 is 0. The van der Waals surface area contributed by atoms with Gasteiger partial charge in [-0.05, 0) is 63.8 Å². The molecular formula is C25H32N6O. The number of aromatic nitrogens is 3. The zero-order valence-corrected chi connectivity index (χ0v) is 19.2. The normalized spacial score (nSPS) is 17.3. The fraction of sp³-hybridized carbons (Fsp3) is 0.480. The van der Waals surface area contributed by atoms with Gasteiger partial charge in [0.25, 0.3) is 5.91 Å². The Morgan fingerprint density at radius 3 is 2.66 bits per heavy atom. The van der Waals surface area contributed by atoms with Crippen molar-refractivity contribution >= 4 is 28.3 Å².